The summed E-state index contributed by atoms with van der Waals surface area (Å²) in [5.41, 5.74) is 3.07. The molecule has 1 N–H and O–H groups in total. The summed E-state index contributed by atoms with van der Waals surface area (Å²) in [6, 6.07) is 7.65. The summed E-state index contributed by atoms with van der Waals surface area (Å²) < 4.78 is 12.8. The minimum atomic E-state index is -0.183. The van der Waals surface area contributed by atoms with E-state index < -0.39 is 0 Å². The third-order valence-corrected chi connectivity index (χ3v) is 4.58. The topological polar surface area (TPSA) is 81.7 Å². The maximum Gasteiger partial charge on any atom is 0.271 e. The lowest BCUT2D eigenvalue weighted by atomic mass is 9.98. The van der Waals surface area contributed by atoms with Crippen LogP contribution in [0.3, 0.4) is 0 Å². The number of rotatable bonds is 4. The van der Waals surface area contributed by atoms with E-state index in [-0.39, 0.29) is 17.9 Å². The largest absolute Gasteiger partial charge is 0.379 e. The Morgan fingerprint density at radius 1 is 1.36 bits per heavy atom. The fraction of sp³-hybridized carbons (Fsp3) is 0.389. The summed E-state index contributed by atoms with van der Waals surface area (Å²) in [5.74, 6) is 0.794. The molecule has 3 aromatic rings. The second-order valence-corrected chi connectivity index (χ2v) is 6.54. The zero-order valence-corrected chi connectivity index (χ0v) is 14.2. The van der Waals surface area contributed by atoms with Crippen molar-refractivity contribution in [3.05, 3.63) is 53.3 Å². The van der Waals surface area contributed by atoms with Crippen LogP contribution in [-0.2, 0) is 11.2 Å². The molecule has 1 aliphatic rings. The smallest absolute Gasteiger partial charge is 0.271 e. The number of pyridine rings is 1. The number of hydrogen-bond acceptors (Lipinski definition) is 5. The number of imidazole rings is 1. The molecule has 0 radical (unpaired) electrons. The van der Waals surface area contributed by atoms with Crippen molar-refractivity contribution in [2.45, 2.75) is 26.3 Å². The highest BCUT2D eigenvalue weighted by Crippen LogP contribution is 2.20. The van der Waals surface area contributed by atoms with E-state index in [4.69, 9.17) is 9.26 Å². The SMILES string of the molecule is Cc1cc(C[C@H]2COC[C@H]2NC(=O)c2cn3c(C)cccc3n2)on1. The molecule has 7 nitrogen and oxygen atoms in total. The van der Waals surface area contributed by atoms with Gasteiger partial charge in [-0.2, -0.15) is 0 Å². The number of nitrogens with zero attached hydrogens (tertiary/aromatic N) is 3. The molecule has 0 saturated carbocycles. The summed E-state index contributed by atoms with van der Waals surface area (Å²) in [6.07, 6.45) is 2.46. The van der Waals surface area contributed by atoms with E-state index in [1.807, 2.05) is 42.5 Å². The molecule has 130 valence electrons. The Morgan fingerprint density at radius 3 is 3.00 bits per heavy atom. The molecule has 0 unspecified atom stereocenters. The average Bonchev–Trinajstić information content (AvgIpc) is 3.29. The number of ether oxygens (including phenoxy) is 1. The summed E-state index contributed by atoms with van der Waals surface area (Å²) in [7, 11) is 0. The number of fused-ring (bicyclic) bond motifs is 1. The van der Waals surface area contributed by atoms with Gasteiger partial charge in [-0.15, -0.1) is 0 Å². The first-order valence-electron chi connectivity index (χ1n) is 8.35. The molecule has 4 rings (SSSR count). The van der Waals surface area contributed by atoms with Crippen molar-refractivity contribution in [3.8, 4) is 0 Å². The van der Waals surface area contributed by atoms with Crippen molar-refractivity contribution in [2.24, 2.45) is 5.92 Å². The van der Waals surface area contributed by atoms with Gasteiger partial charge in [0, 0.05) is 30.3 Å². The lowest BCUT2D eigenvalue weighted by Crippen LogP contribution is -2.40. The molecule has 2 atom stereocenters. The standard InChI is InChI=1S/C18H20N4O3/c1-11-6-14(25-21-11)7-13-9-24-10-16(13)20-18(23)15-8-22-12(2)4-3-5-17(22)19-15/h3-6,8,13,16H,7,9-10H2,1-2H3,(H,20,23)/t13-,16+/m0/s1. The highest BCUT2D eigenvalue weighted by Gasteiger charge is 2.31. The third-order valence-electron chi connectivity index (χ3n) is 4.58. The van der Waals surface area contributed by atoms with E-state index in [1.54, 1.807) is 6.20 Å². The molecule has 25 heavy (non-hydrogen) atoms. The Morgan fingerprint density at radius 2 is 2.24 bits per heavy atom. The highest BCUT2D eigenvalue weighted by atomic mass is 16.5. The zero-order valence-electron chi connectivity index (χ0n) is 14.2. The van der Waals surface area contributed by atoms with Crippen molar-refractivity contribution in [1.82, 2.24) is 19.9 Å². The second kappa shape index (κ2) is 6.33. The number of aromatic nitrogens is 3. The monoisotopic (exact) mass is 340 g/mol. The van der Waals surface area contributed by atoms with E-state index in [2.05, 4.69) is 15.5 Å². The van der Waals surface area contributed by atoms with Crippen LogP contribution >= 0.6 is 0 Å². The molecule has 0 bridgehead atoms. The Bertz CT molecular complexity index is 914. The first-order valence-corrected chi connectivity index (χ1v) is 8.35. The number of carbonyl (C=O) groups excluding carboxylic acids is 1. The predicted molar refractivity (Wildman–Crippen MR) is 90.4 cm³/mol. The lowest BCUT2D eigenvalue weighted by Gasteiger charge is -2.17. The van der Waals surface area contributed by atoms with E-state index in [9.17, 15) is 4.79 Å². The molecule has 0 aliphatic carbocycles. The van der Waals surface area contributed by atoms with E-state index in [1.165, 1.54) is 0 Å². The molecule has 3 aromatic heterocycles. The van der Waals surface area contributed by atoms with Crippen molar-refractivity contribution < 1.29 is 14.1 Å². The van der Waals surface area contributed by atoms with Gasteiger partial charge in [-0.05, 0) is 26.0 Å². The Kier molecular flexibility index (Phi) is 4.01. The van der Waals surface area contributed by atoms with Gasteiger partial charge >= 0.3 is 0 Å². The van der Waals surface area contributed by atoms with Gasteiger partial charge in [0.15, 0.2) is 0 Å². The lowest BCUT2D eigenvalue weighted by molar-refractivity contribution is 0.0920. The fourth-order valence-electron chi connectivity index (χ4n) is 3.23. The molecular formula is C18H20N4O3. The first-order chi connectivity index (χ1) is 12.1. The minimum Gasteiger partial charge on any atom is -0.379 e. The zero-order chi connectivity index (χ0) is 17.4. The predicted octanol–water partition coefficient (Wildman–Crippen LogP) is 1.93. The number of nitrogens with one attached hydrogen (secondary N) is 1. The fourth-order valence-corrected chi connectivity index (χ4v) is 3.23. The molecule has 1 saturated heterocycles. The van der Waals surface area contributed by atoms with Crippen LogP contribution in [0.5, 0.6) is 0 Å². The van der Waals surface area contributed by atoms with Crippen LogP contribution in [0.1, 0.15) is 27.6 Å². The Balaban J connectivity index is 1.47. The van der Waals surface area contributed by atoms with Crippen molar-refractivity contribution in [1.29, 1.82) is 0 Å². The molecule has 0 spiro atoms. The van der Waals surface area contributed by atoms with Crippen LogP contribution < -0.4 is 5.32 Å². The summed E-state index contributed by atoms with van der Waals surface area (Å²) >= 11 is 0. The van der Waals surface area contributed by atoms with E-state index in [0.717, 1.165) is 22.8 Å². The van der Waals surface area contributed by atoms with Gasteiger partial charge in [-0.25, -0.2) is 4.98 Å². The van der Waals surface area contributed by atoms with Gasteiger partial charge in [0.2, 0.25) is 0 Å². The van der Waals surface area contributed by atoms with Gasteiger partial charge in [-0.1, -0.05) is 11.2 Å². The highest BCUT2D eigenvalue weighted by molar-refractivity contribution is 5.93. The van der Waals surface area contributed by atoms with Gasteiger partial charge in [0.1, 0.15) is 17.1 Å². The van der Waals surface area contributed by atoms with Crippen LogP contribution in [0.4, 0.5) is 0 Å². The Labute approximate surface area is 145 Å². The van der Waals surface area contributed by atoms with Gasteiger partial charge in [-0.3, -0.25) is 4.79 Å². The normalized spacial score (nSPS) is 20.2. The first kappa shape index (κ1) is 15.8. The van der Waals surface area contributed by atoms with Crippen LogP contribution in [0, 0.1) is 19.8 Å². The van der Waals surface area contributed by atoms with Crippen LogP contribution in [0.2, 0.25) is 0 Å². The summed E-state index contributed by atoms with van der Waals surface area (Å²) in [6.45, 7) is 4.96. The van der Waals surface area contributed by atoms with E-state index in [0.29, 0.717) is 25.3 Å². The molecule has 1 aliphatic heterocycles. The number of carbonyl (C=O) groups is 1. The van der Waals surface area contributed by atoms with Gasteiger partial charge in [0.05, 0.1) is 24.9 Å². The molecular weight excluding hydrogens is 320 g/mol. The van der Waals surface area contributed by atoms with E-state index >= 15 is 0 Å². The molecule has 7 heteroatoms. The average molecular weight is 340 g/mol. The van der Waals surface area contributed by atoms with Crippen molar-refractivity contribution >= 4 is 11.6 Å². The quantitative estimate of drug-likeness (QED) is 0.785. The molecule has 4 heterocycles. The minimum absolute atomic E-state index is 0.0659. The number of hydrogen-bond donors (Lipinski definition) is 1. The van der Waals surface area contributed by atoms with Crippen molar-refractivity contribution in [2.75, 3.05) is 13.2 Å². The van der Waals surface area contributed by atoms with Gasteiger partial charge < -0.3 is 19.0 Å². The number of aryl methyl sites for hydroxylation is 2. The maximum absolute atomic E-state index is 12.6. The maximum atomic E-state index is 12.6. The summed E-state index contributed by atoms with van der Waals surface area (Å²) in [5, 5.41) is 6.96. The van der Waals surface area contributed by atoms with Crippen LogP contribution in [0.25, 0.3) is 5.65 Å². The molecule has 0 aromatic carbocycles. The molecule has 1 fully saturated rings. The van der Waals surface area contributed by atoms with Crippen molar-refractivity contribution in [3.63, 3.8) is 0 Å². The summed E-state index contributed by atoms with van der Waals surface area (Å²) in [4.78, 5) is 17.0. The molecule has 1 amide bonds. The van der Waals surface area contributed by atoms with Gasteiger partial charge in [0.25, 0.3) is 5.91 Å². The third kappa shape index (κ3) is 3.15. The Hall–Kier alpha value is -2.67. The van der Waals surface area contributed by atoms with Crippen LogP contribution in [0.15, 0.2) is 35.0 Å². The number of amides is 1. The van der Waals surface area contributed by atoms with Crippen LogP contribution in [-0.4, -0.2) is 39.7 Å². The second-order valence-electron chi connectivity index (χ2n) is 6.54.